The number of carbonyl (C=O) groups is 2. The van der Waals surface area contributed by atoms with Gasteiger partial charge in [-0.15, -0.1) is 23.5 Å². The highest BCUT2D eigenvalue weighted by Gasteiger charge is 2.15. The molecule has 2 aromatic rings. The largest absolute Gasteiger partial charge is 0.496 e. The molecule has 0 aliphatic carbocycles. The lowest BCUT2D eigenvalue weighted by Gasteiger charge is -2.10. The van der Waals surface area contributed by atoms with Crippen LogP contribution < -0.4 is 20.1 Å². The molecular weight excluding hydrogens is 593 g/mol. The highest BCUT2D eigenvalue weighted by atomic mass is 33.1. The van der Waals surface area contributed by atoms with E-state index in [1.54, 1.807) is 37.7 Å². The highest BCUT2D eigenvalue weighted by Crippen LogP contribution is 2.29. The molecular formula is C26H34N4O6S4. The monoisotopic (exact) mass is 626 g/mol. The summed E-state index contributed by atoms with van der Waals surface area (Å²) in [5.41, 5.74) is 1.62. The van der Waals surface area contributed by atoms with Crippen LogP contribution in [0, 0.1) is 0 Å². The topological polar surface area (TPSA) is 142 Å². The normalized spacial score (nSPS) is 11.7. The summed E-state index contributed by atoms with van der Waals surface area (Å²) in [6, 6.07) is 11.2. The minimum atomic E-state index is -0.440. The SMILES string of the molecule is COc1cc(C/C(=N\O)C(=O)NCCSSCCNC(=O)/C(Cc2ccc(SC)c(OC)c2)=N/O)ccc1SC. The summed E-state index contributed by atoms with van der Waals surface area (Å²) in [5.74, 6) is 1.77. The highest BCUT2D eigenvalue weighted by molar-refractivity contribution is 8.76. The van der Waals surface area contributed by atoms with Crippen LogP contribution in [0.5, 0.6) is 11.5 Å². The number of nitrogens with zero attached hydrogens (tertiary/aromatic N) is 2. The Balaban J connectivity index is 1.66. The fourth-order valence-electron chi connectivity index (χ4n) is 3.42. The van der Waals surface area contributed by atoms with E-state index in [9.17, 15) is 20.0 Å². The van der Waals surface area contributed by atoms with Crippen LogP contribution in [0.25, 0.3) is 0 Å². The van der Waals surface area contributed by atoms with Gasteiger partial charge in [-0.05, 0) is 47.9 Å². The van der Waals surface area contributed by atoms with Crippen molar-refractivity contribution in [3.8, 4) is 11.5 Å². The number of nitrogens with one attached hydrogen (secondary N) is 2. The van der Waals surface area contributed by atoms with E-state index >= 15 is 0 Å². The number of hydrogen-bond donors (Lipinski definition) is 4. The van der Waals surface area contributed by atoms with E-state index in [0.29, 0.717) is 36.1 Å². The summed E-state index contributed by atoms with van der Waals surface area (Å²) in [5, 5.41) is 30.5. The van der Waals surface area contributed by atoms with Gasteiger partial charge in [0.2, 0.25) is 0 Å². The molecule has 0 aliphatic heterocycles. The molecule has 0 spiro atoms. The van der Waals surface area contributed by atoms with Crippen LogP contribution >= 0.6 is 45.1 Å². The van der Waals surface area contributed by atoms with Crippen molar-refractivity contribution in [3.63, 3.8) is 0 Å². The second-order valence-electron chi connectivity index (χ2n) is 7.98. The van der Waals surface area contributed by atoms with Gasteiger partial charge in [0, 0.05) is 47.2 Å². The van der Waals surface area contributed by atoms with Crippen molar-refractivity contribution >= 4 is 68.3 Å². The zero-order valence-electron chi connectivity index (χ0n) is 22.8. The van der Waals surface area contributed by atoms with Gasteiger partial charge in [0.25, 0.3) is 11.8 Å². The first-order chi connectivity index (χ1) is 19.4. The molecule has 0 bridgehead atoms. The van der Waals surface area contributed by atoms with Gasteiger partial charge in [0.1, 0.15) is 22.9 Å². The quantitative estimate of drug-likeness (QED) is 0.0504. The van der Waals surface area contributed by atoms with Gasteiger partial charge in [-0.25, -0.2) is 0 Å². The van der Waals surface area contributed by atoms with Crippen molar-refractivity contribution in [2.45, 2.75) is 22.6 Å². The summed E-state index contributed by atoms with van der Waals surface area (Å²) in [7, 11) is 6.24. The molecule has 0 saturated carbocycles. The summed E-state index contributed by atoms with van der Waals surface area (Å²) in [6.07, 6.45) is 4.24. The number of thioether (sulfide) groups is 2. The number of hydrogen-bond acceptors (Lipinski definition) is 12. The average molecular weight is 627 g/mol. The van der Waals surface area contributed by atoms with Gasteiger partial charge in [-0.1, -0.05) is 44.0 Å². The molecule has 218 valence electrons. The van der Waals surface area contributed by atoms with E-state index in [-0.39, 0.29) is 24.3 Å². The maximum Gasteiger partial charge on any atom is 0.269 e. The fraction of sp³-hybridized carbons (Fsp3) is 0.385. The zero-order valence-corrected chi connectivity index (χ0v) is 26.0. The summed E-state index contributed by atoms with van der Waals surface area (Å²) >= 11 is 3.11. The van der Waals surface area contributed by atoms with Crippen LogP contribution in [-0.4, -0.2) is 85.0 Å². The van der Waals surface area contributed by atoms with Crippen LogP contribution in [0.2, 0.25) is 0 Å². The molecule has 0 radical (unpaired) electrons. The van der Waals surface area contributed by atoms with Crippen molar-refractivity contribution in [2.24, 2.45) is 10.3 Å². The van der Waals surface area contributed by atoms with Gasteiger partial charge in [0.05, 0.1) is 14.2 Å². The Kier molecular flexibility index (Phi) is 15.6. The van der Waals surface area contributed by atoms with E-state index < -0.39 is 11.8 Å². The van der Waals surface area contributed by atoms with Crippen LogP contribution in [0.15, 0.2) is 56.5 Å². The van der Waals surface area contributed by atoms with E-state index in [0.717, 1.165) is 20.9 Å². The third-order valence-electron chi connectivity index (χ3n) is 5.43. The third kappa shape index (κ3) is 10.7. The minimum absolute atomic E-state index is 0.0133. The third-order valence-corrected chi connectivity index (χ3v) is 9.39. The standard InChI is InChI=1S/C26H34N4O6S4/c1-35-21-15-17(5-7-23(21)37-3)13-19(29-33)25(31)27-9-11-39-40-12-10-28-26(32)20(30-34)14-18-6-8-24(38-4)22(16-18)36-2/h5-8,15-16,33-34H,9-14H2,1-4H3,(H,27,31)(H,28,32)/b29-19+,30-20+. The molecule has 10 nitrogen and oxygen atoms in total. The fourth-order valence-corrected chi connectivity index (χ4v) is 6.33. The average Bonchev–Trinajstić information content (AvgIpc) is 2.99. The van der Waals surface area contributed by atoms with Gasteiger partial charge in [0.15, 0.2) is 0 Å². The second-order valence-corrected chi connectivity index (χ2v) is 12.4. The molecule has 0 fully saturated rings. The van der Waals surface area contributed by atoms with Crippen molar-refractivity contribution < 1.29 is 29.5 Å². The van der Waals surface area contributed by atoms with Crippen LogP contribution in [0.3, 0.4) is 0 Å². The van der Waals surface area contributed by atoms with E-state index in [1.165, 1.54) is 21.6 Å². The molecule has 2 rings (SSSR count). The summed E-state index contributed by atoms with van der Waals surface area (Å²) in [4.78, 5) is 26.8. The number of benzene rings is 2. The Morgan fingerprint density at radius 1 is 0.750 bits per heavy atom. The van der Waals surface area contributed by atoms with Crippen molar-refractivity contribution in [3.05, 3.63) is 47.5 Å². The minimum Gasteiger partial charge on any atom is -0.496 e. The lowest BCUT2D eigenvalue weighted by Crippen LogP contribution is -2.34. The summed E-state index contributed by atoms with van der Waals surface area (Å²) in [6.45, 7) is 0.771. The van der Waals surface area contributed by atoms with Crippen molar-refractivity contribution in [1.82, 2.24) is 10.6 Å². The molecule has 0 aromatic heterocycles. The predicted molar refractivity (Wildman–Crippen MR) is 166 cm³/mol. The lowest BCUT2D eigenvalue weighted by atomic mass is 10.1. The Morgan fingerprint density at radius 2 is 1.15 bits per heavy atom. The number of carbonyl (C=O) groups excluding carboxylic acids is 2. The van der Waals surface area contributed by atoms with Gasteiger partial charge in [-0.2, -0.15) is 0 Å². The number of rotatable bonds is 17. The Morgan fingerprint density at radius 3 is 1.48 bits per heavy atom. The van der Waals surface area contributed by atoms with Crippen molar-refractivity contribution in [2.75, 3.05) is 51.3 Å². The van der Waals surface area contributed by atoms with E-state index in [2.05, 4.69) is 20.9 Å². The lowest BCUT2D eigenvalue weighted by molar-refractivity contribution is -0.115. The van der Waals surface area contributed by atoms with Crippen LogP contribution in [0.1, 0.15) is 11.1 Å². The molecule has 4 N–H and O–H groups in total. The molecule has 0 unspecified atom stereocenters. The first-order valence-corrected chi connectivity index (χ1v) is 17.0. The second kappa shape index (κ2) is 18.6. The first kappa shape index (κ1) is 33.5. The first-order valence-electron chi connectivity index (χ1n) is 12.0. The van der Waals surface area contributed by atoms with E-state index in [4.69, 9.17) is 9.47 Å². The van der Waals surface area contributed by atoms with Crippen LogP contribution in [-0.2, 0) is 22.4 Å². The predicted octanol–water partition coefficient (Wildman–Crippen LogP) is 4.21. The Hall–Kier alpha value is -2.68. The number of methoxy groups -OCH3 is 2. The smallest absolute Gasteiger partial charge is 0.269 e. The molecule has 0 atom stereocenters. The molecule has 40 heavy (non-hydrogen) atoms. The van der Waals surface area contributed by atoms with Gasteiger partial charge >= 0.3 is 0 Å². The van der Waals surface area contributed by atoms with E-state index in [1.807, 2.05) is 48.9 Å². The maximum atomic E-state index is 12.4. The van der Waals surface area contributed by atoms with Gasteiger partial charge in [-0.3, -0.25) is 9.59 Å². The van der Waals surface area contributed by atoms with Crippen molar-refractivity contribution in [1.29, 1.82) is 0 Å². The number of amides is 2. The molecule has 0 heterocycles. The van der Waals surface area contributed by atoms with Gasteiger partial charge < -0.3 is 30.5 Å². The maximum absolute atomic E-state index is 12.4. The molecule has 14 heteroatoms. The molecule has 0 aliphatic rings. The molecule has 2 aromatic carbocycles. The molecule has 0 saturated heterocycles. The van der Waals surface area contributed by atoms with Crippen LogP contribution in [0.4, 0.5) is 0 Å². The number of oxime groups is 2. The Labute approximate surface area is 250 Å². The summed E-state index contributed by atoms with van der Waals surface area (Å²) < 4.78 is 10.7. The zero-order chi connectivity index (χ0) is 29.3. The number of ether oxygens (including phenoxy) is 2. The molecule has 2 amide bonds. The Bertz CT molecular complexity index is 1100.